The number of halogens is 3. The molecule has 7 nitrogen and oxygen atoms in total. The van der Waals surface area contributed by atoms with Crippen molar-refractivity contribution in [1.29, 1.82) is 0 Å². The third kappa shape index (κ3) is 7.62. The number of rotatable bonds is 11. The Hall–Kier alpha value is -3.14. The predicted molar refractivity (Wildman–Crippen MR) is 164 cm³/mol. The molecule has 4 rings (SSSR count). The topological polar surface area (TPSA) is 86.8 Å². The van der Waals surface area contributed by atoms with Gasteiger partial charge in [0.2, 0.25) is 11.8 Å². The van der Waals surface area contributed by atoms with Crippen molar-refractivity contribution in [3.63, 3.8) is 0 Å². The fourth-order valence-electron chi connectivity index (χ4n) is 5.09. The Balaban J connectivity index is 1.73. The van der Waals surface area contributed by atoms with Crippen molar-refractivity contribution < 1.29 is 22.4 Å². The smallest absolute Gasteiger partial charge is 0.264 e. The van der Waals surface area contributed by atoms with Crippen molar-refractivity contribution in [2.24, 2.45) is 0 Å². The van der Waals surface area contributed by atoms with Crippen molar-refractivity contribution in [2.75, 3.05) is 10.8 Å². The number of benzene rings is 3. The summed E-state index contributed by atoms with van der Waals surface area (Å²) in [5.41, 5.74) is 1.53. The molecular weight excluding hydrogens is 600 g/mol. The lowest BCUT2D eigenvalue weighted by atomic mass is 10.1. The summed E-state index contributed by atoms with van der Waals surface area (Å²) in [6.07, 6.45) is 4.07. The number of aryl methyl sites for hydroxylation is 1. The molecule has 1 aliphatic rings. The summed E-state index contributed by atoms with van der Waals surface area (Å²) in [7, 11) is -4.25. The zero-order valence-electron chi connectivity index (χ0n) is 23.5. The third-order valence-corrected chi connectivity index (χ3v) is 9.82. The van der Waals surface area contributed by atoms with Gasteiger partial charge < -0.3 is 10.2 Å². The summed E-state index contributed by atoms with van der Waals surface area (Å²) in [5.74, 6) is -1.47. The molecule has 42 heavy (non-hydrogen) atoms. The molecule has 0 unspecified atom stereocenters. The monoisotopic (exact) mass is 633 g/mol. The van der Waals surface area contributed by atoms with Gasteiger partial charge in [0.25, 0.3) is 10.0 Å². The van der Waals surface area contributed by atoms with Crippen LogP contribution in [-0.2, 0) is 26.2 Å². The van der Waals surface area contributed by atoms with E-state index >= 15 is 0 Å². The number of hydrogen-bond donors (Lipinski definition) is 1. The summed E-state index contributed by atoms with van der Waals surface area (Å²) in [6.45, 7) is 2.95. The molecule has 224 valence electrons. The highest BCUT2D eigenvalue weighted by Gasteiger charge is 2.35. The quantitative estimate of drug-likeness (QED) is 0.261. The van der Waals surface area contributed by atoms with E-state index in [1.54, 1.807) is 37.3 Å². The zero-order valence-corrected chi connectivity index (χ0v) is 25.9. The van der Waals surface area contributed by atoms with E-state index in [2.05, 4.69) is 5.32 Å². The molecule has 1 atom stereocenters. The van der Waals surface area contributed by atoms with Gasteiger partial charge in [0, 0.05) is 22.6 Å². The summed E-state index contributed by atoms with van der Waals surface area (Å²) in [5, 5.41) is 3.80. The van der Waals surface area contributed by atoms with E-state index in [-0.39, 0.29) is 35.5 Å². The van der Waals surface area contributed by atoms with Crippen molar-refractivity contribution >= 4 is 50.7 Å². The van der Waals surface area contributed by atoms with Crippen LogP contribution in [0.5, 0.6) is 0 Å². The minimum atomic E-state index is -4.25. The summed E-state index contributed by atoms with van der Waals surface area (Å²) in [4.78, 5) is 29.0. The van der Waals surface area contributed by atoms with Gasteiger partial charge >= 0.3 is 0 Å². The van der Waals surface area contributed by atoms with E-state index < -0.39 is 34.3 Å². The highest BCUT2D eigenvalue weighted by molar-refractivity contribution is 7.92. The van der Waals surface area contributed by atoms with Gasteiger partial charge in [-0.3, -0.25) is 13.9 Å². The van der Waals surface area contributed by atoms with Crippen molar-refractivity contribution in [3.8, 4) is 0 Å². The van der Waals surface area contributed by atoms with Crippen molar-refractivity contribution in [3.05, 3.63) is 93.7 Å². The third-order valence-electron chi connectivity index (χ3n) is 7.45. The van der Waals surface area contributed by atoms with Crippen molar-refractivity contribution in [1.82, 2.24) is 10.2 Å². The van der Waals surface area contributed by atoms with E-state index in [1.807, 2.05) is 6.92 Å². The first-order valence-corrected chi connectivity index (χ1v) is 16.1. The summed E-state index contributed by atoms with van der Waals surface area (Å²) >= 11 is 12.5. The van der Waals surface area contributed by atoms with Gasteiger partial charge in [-0.25, -0.2) is 12.8 Å². The molecule has 0 saturated heterocycles. The maximum Gasteiger partial charge on any atom is 0.264 e. The fourth-order valence-corrected chi connectivity index (χ4v) is 6.98. The number of anilines is 1. The molecule has 0 radical (unpaired) electrons. The lowest BCUT2D eigenvalue weighted by Gasteiger charge is -2.34. The van der Waals surface area contributed by atoms with E-state index in [0.29, 0.717) is 15.6 Å². The lowest BCUT2D eigenvalue weighted by Crippen LogP contribution is -2.53. The molecule has 1 aliphatic carbocycles. The van der Waals surface area contributed by atoms with Crippen LogP contribution in [0.2, 0.25) is 10.0 Å². The Morgan fingerprint density at radius 1 is 1.00 bits per heavy atom. The van der Waals surface area contributed by atoms with E-state index in [4.69, 9.17) is 23.2 Å². The van der Waals surface area contributed by atoms with Crippen LogP contribution < -0.4 is 9.62 Å². The number of nitrogens with one attached hydrogen (secondary N) is 1. The van der Waals surface area contributed by atoms with E-state index in [0.717, 1.165) is 47.7 Å². The number of carbonyl (C=O) groups is 2. The molecule has 0 heterocycles. The van der Waals surface area contributed by atoms with Gasteiger partial charge in [0.15, 0.2) is 0 Å². The molecule has 11 heteroatoms. The molecule has 1 saturated carbocycles. The number of carbonyl (C=O) groups excluding carboxylic acids is 2. The first-order valence-electron chi connectivity index (χ1n) is 13.9. The van der Waals surface area contributed by atoms with Gasteiger partial charge in [0.1, 0.15) is 18.4 Å². The number of sulfonamides is 1. The second kappa shape index (κ2) is 13.9. The number of nitrogens with zero attached hydrogens (tertiary/aromatic N) is 2. The number of amides is 2. The van der Waals surface area contributed by atoms with Crippen LogP contribution in [-0.4, -0.2) is 43.8 Å². The van der Waals surface area contributed by atoms with Crippen LogP contribution in [0, 0.1) is 12.7 Å². The standard InChI is InChI=1S/C31H34Cl2FN3O4S/c1-3-29(31(39)35-25-6-4-5-7-25)36(19-22-10-11-23(32)18-28(22)33)30(38)20-37(26-14-12-24(34)13-15-26)42(40,41)27-16-8-21(2)9-17-27/h8-18,25,29H,3-7,19-20H2,1-2H3,(H,35,39)/t29-/m0/s1. The van der Waals surface area contributed by atoms with Gasteiger partial charge in [-0.2, -0.15) is 0 Å². The SMILES string of the molecule is CC[C@@H](C(=O)NC1CCCC1)N(Cc1ccc(Cl)cc1Cl)C(=O)CN(c1ccc(F)cc1)S(=O)(=O)c1ccc(C)cc1. The highest BCUT2D eigenvalue weighted by Crippen LogP contribution is 2.27. The van der Waals surface area contributed by atoms with Gasteiger partial charge in [-0.1, -0.05) is 66.7 Å². The average Bonchev–Trinajstić information content (AvgIpc) is 3.46. The maximum absolute atomic E-state index is 14.1. The van der Waals surface area contributed by atoms with Crippen molar-refractivity contribution in [2.45, 2.75) is 69.5 Å². The second-order valence-corrected chi connectivity index (χ2v) is 13.2. The molecule has 0 spiro atoms. The van der Waals surface area contributed by atoms with Crippen LogP contribution >= 0.6 is 23.2 Å². The Bertz CT molecular complexity index is 1510. The number of hydrogen-bond acceptors (Lipinski definition) is 4. The predicted octanol–water partition coefficient (Wildman–Crippen LogP) is 6.50. The Kier molecular flexibility index (Phi) is 10.5. The Morgan fingerprint density at radius 2 is 1.64 bits per heavy atom. The minimum Gasteiger partial charge on any atom is -0.352 e. The van der Waals surface area contributed by atoms with Gasteiger partial charge in [-0.05, 0) is 80.3 Å². The second-order valence-electron chi connectivity index (χ2n) is 10.5. The molecule has 0 aliphatic heterocycles. The van der Waals surface area contributed by atoms with Crippen LogP contribution in [0.25, 0.3) is 0 Å². The first kappa shape index (κ1) is 31.8. The molecular formula is C31H34Cl2FN3O4S. The maximum atomic E-state index is 14.1. The van der Waals surface area contributed by atoms with Gasteiger partial charge in [-0.15, -0.1) is 0 Å². The summed E-state index contributed by atoms with van der Waals surface area (Å²) in [6, 6.07) is 15.1. The minimum absolute atomic E-state index is 0.0245. The zero-order chi connectivity index (χ0) is 30.4. The molecule has 1 N–H and O–H groups in total. The fraction of sp³-hybridized carbons (Fsp3) is 0.355. The molecule has 0 aromatic heterocycles. The normalized spacial score (nSPS) is 14.4. The van der Waals surface area contributed by atoms with Gasteiger partial charge in [0.05, 0.1) is 10.6 Å². The van der Waals surface area contributed by atoms with Crippen LogP contribution in [0.15, 0.2) is 71.6 Å². The Labute approximate surface area is 256 Å². The average molecular weight is 635 g/mol. The highest BCUT2D eigenvalue weighted by atomic mass is 35.5. The van der Waals surface area contributed by atoms with E-state index in [9.17, 15) is 22.4 Å². The van der Waals surface area contributed by atoms with Crippen LogP contribution in [0.1, 0.15) is 50.2 Å². The molecule has 3 aromatic rings. The van der Waals surface area contributed by atoms with Crippen LogP contribution in [0.4, 0.5) is 10.1 Å². The molecule has 1 fully saturated rings. The first-order chi connectivity index (χ1) is 20.0. The largest absolute Gasteiger partial charge is 0.352 e. The Morgan fingerprint density at radius 3 is 2.24 bits per heavy atom. The summed E-state index contributed by atoms with van der Waals surface area (Å²) < 4.78 is 42.5. The lowest BCUT2D eigenvalue weighted by molar-refractivity contribution is -0.140. The van der Waals surface area contributed by atoms with E-state index in [1.165, 1.54) is 29.2 Å². The molecule has 0 bridgehead atoms. The molecule has 3 aromatic carbocycles. The van der Waals surface area contributed by atoms with Crippen LogP contribution in [0.3, 0.4) is 0 Å². The molecule has 2 amide bonds.